The zero-order chi connectivity index (χ0) is 17.4. The number of likely N-dealkylation sites (tertiary alicyclic amines) is 1. The lowest BCUT2D eigenvalue weighted by atomic mass is 10.1. The quantitative estimate of drug-likeness (QED) is 0.543. The Kier molecular flexibility index (Phi) is 7.06. The van der Waals surface area contributed by atoms with Gasteiger partial charge in [-0.2, -0.15) is 0 Å². The van der Waals surface area contributed by atoms with Gasteiger partial charge in [0.2, 0.25) is 0 Å². The highest BCUT2D eigenvalue weighted by molar-refractivity contribution is 5.94. The minimum atomic E-state index is -0.278. The Morgan fingerprint density at radius 1 is 1.38 bits per heavy atom. The molecule has 1 aromatic carbocycles. The van der Waals surface area contributed by atoms with Crippen LogP contribution in [-0.4, -0.2) is 54.2 Å². The number of hydrogen-bond acceptors (Lipinski definition) is 3. The van der Waals surface area contributed by atoms with E-state index in [0.29, 0.717) is 25.2 Å². The van der Waals surface area contributed by atoms with Gasteiger partial charge in [0.25, 0.3) is 5.91 Å². The summed E-state index contributed by atoms with van der Waals surface area (Å²) in [4.78, 5) is 18.8. The number of guanidine groups is 1. The molecule has 1 aromatic rings. The van der Waals surface area contributed by atoms with Crippen LogP contribution in [0.25, 0.3) is 0 Å². The van der Waals surface area contributed by atoms with Gasteiger partial charge in [-0.3, -0.25) is 4.79 Å². The molecular weight excluding hydrogens is 304 g/mol. The summed E-state index contributed by atoms with van der Waals surface area (Å²) in [6.45, 7) is 7.46. The number of aliphatic hydroxyl groups excluding tert-OH is 1. The van der Waals surface area contributed by atoms with Gasteiger partial charge in [0.05, 0.1) is 12.6 Å². The summed E-state index contributed by atoms with van der Waals surface area (Å²) in [6, 6.07) is 7.57. The van der Waals surface area contributed by atoms with Gasteiger partial charge in [0, 0.05) is 31.7 Å². The highest BCUT2D eigenvalue weighted by Crippen LogP contribution is 2.11. The average molecular weight is 332 g/mol. The minimum absolute atomic E-state index is 0.0442. The first-order valence-electron chi connectivity index (χ1n) is 8.72. The van der Waals surface area contributed by atoms with Crippen LogP contribution in [0.1, 0.15) is 42.6 Å². The molecular formula is C18H28N4O2. The van der Waals surface area contributed by atoms with Crippen LogP contribution in [-0.2, 0) is 6.54 Å². The number of rotatable bonds is 6. The Morgan fingerprint density at radius 2 is 2.21 bits per heavy atom. The molecule has 24 heavy (non-hydrogen) atoms. The van der Waals surface area contributed by atoms with Crippen molar-refractivity contribution in [2.45, 2.75) is 39.3 Å². The summed E-state index contributed by atoms with van der Waals surface area (Å²) in [6.07, 6.45) is 1.42. The lowest BCUT2D eigenvalue weighted by Gasteiger charge is -2.21. The SMILES string of the molecule is CCCNC(=O)c1cccc(CN=C(NCC)N2CC[C@@H](O)C2)c1. The molecule has 3 N–H and O–H groups in total. The highest BCUT2D eigenvalue weighted by Gasteiger charge is 2.22. The number of hydrogen-bond donors (Lipinski definition) is 3. The monoisotopic (exact) mass is 332 g/mol. The number of aliphatic hydroxyl groups is 1. The van der Waals surface area contributed by atoms with Crippen LogP contribution in [0.5, 0.6) is 0 Å². The van der Waals surface area contributed by atoms with Crippen molar-refractivity contribution in [2.75, 3.05) is 26.2 Å². The molecule has 0 aliphatic carbocycles. The van der Waals surface area contributed by atoms with Gasteiger partial charge in [-0.15, -0.1) is 0 Å². The minimum Gasteiger partial charge on any atom is -0.391 e. The number of aliphatic imine (C=N–C) groups is 1. The molecule has 1 aliphatic heterocycles. The van der Waals surface area contributed by atoms with E-state index in [1.807, 2.05) is 38.1 Å². The van der Waals surface area contributed by atoms with Gasteiger partial charge >= 0.3 is 0 Å². The van der Waals surface area contributed by atoms with Gasteiger partial charge in [0.1, 0.15) is 0 Å². The highest BCUT2D eigenvalue weighted by atomic mass is 16.3. The molecule has 1 amide bonds. The molecule has 0 unspecified atom stereocenters. The number of carbonyl (C=O) groups excluding carboxylic acids is 1. The number of β-amino-alcohol motifs (C(OH)–C–C–N with tert-alkyl or cyclic N) is 1. The summed E-state index contributed by atoms with van der Waals surface area (Å²) in [5.41, 5.74) is 1.66. The summed E-state index contributed by atoms with van der Waals surface area (Å²) in [7, 11) is 0. The lowest BCUT2D eigenvalue weighted by Crippen LogP contribution is -2.40. The van der Waals surface area contributed by atoms with Crippen molar-refractivity contribution in [3.05, 3.63) is 35.4 Å². The van der Waals surface area contributed by atoms with Crippen LogP contribution in [0.2, 0.25) is 0 Å². The second-order valence-electron chi connectivity index (χ2n) is 6.01. The molecule has 0 aromatic heterocycles. The summed E-state index contributed by atoms with van der Waals surface area (Å²) < 4.78 is 0. The average Bonchev–Trinajstić information content (AvgIpc) is 3.03. The third kappa shape index (κ3) is 5.23. The normalized spacial score (nSPS) is 17.9. The van der Waals surface area contributed by atoms with Crippen molar-refractivity contribution in [1.82, 2.24) is 15.5 Å². The summed E-state index contributed by atoms with van der Waals surface area (Å²) in [5.74, 6) is 0.770. The van der Waals surface area contributed by atoms with Crippen LogP contribution < -0.4 is 10.6 Å². The van der Waals surface area contributed by atoms with Gasteiger partial charge in [-0.25, -0.2) is 4.99 Å². The molecule has 1 heterocycles. The molecule has 6 heteroatoms. The Morgan fingerprint density at radius 3 is 2.88 bits per heavy atom. The molecule has 1 atom stereocenters. The maximum atomic E-state index is 12.0. The molecule has 1 fully saturated rings. The molecule has 1 aliphatic rings. The molecule has 0 radical (unpaired) electrons. The fraction of sp³-hybridized carbons (Fsp3) is 0.556. The summed E-state index contributed by atoms with van der Waals surface area (Å²) in [5, 5.41) is 15.9. The Hall–Kier alpha value is -2.08. The van der Waals surface area contributed by atoms with Crippen molar-refractivity contribution < 1.29 is 9.90 Å². The van der Waals surface area contributed by atoms with E-state index in [1.54, 1.807) is 0 Å². The van der Waals surface area contributed by atoms with E-state index in [1.165, 1.54) is 0 Å². The predicted octanol–water partition coefficient (Wildman–Crippen LogP) is 1.36. The fourth-order valence-corrected chi connectivity index (χ4v) is 2.68. The van der Waals surface area contributed by atoms with Crippen molar-refractivity contribution in [2.24, 2.45) is 4.99 Å². The molecule has 0 spiro atoms. The molecule has 132 valence electrons. The maximum Gasteiger partial charge on any atom is 0.251 e. The van der Waals surface area contributed by atoms with Crippen LogP contribution in [0.3, 0.4) is 0 Å². The van der Waals surface area contributed by atoms with Gasteiger partial charge in [-0.1, -0.05) is 19.1 Å². The maximum absolute atomic E-state index is 12.0. The number of amides is 1. The van der Waals surface area contributed by atoms with E-state index in [2.05, 4.69) is 20.5 Å². The molecule has 2 rings (SSSR count). The van der Waals surface area contributed by atoms with Crippen LogP contribution in [0.15, 0.2) is 29.3 Å². The van der Waals surface area contributed by atoms with Crippen molar-refractivity contribution in [1.29, 1.82) is 0 Å². The van der Waals surface area contributed by atoms with Crippen LogP contribution in [0.4, 0.5) is 0 Å². The van der Waals surface area contributed by atoms with E-state index in [-0.39, 0.29) is 12.0 Å². The van der Waals surface area contributed by atoms with Crippen LogP contribution in [0, 0.1) is 0 Å². The number of nitrogens with one attached hydrogen (secondary N) is 2. The topological polar surface area (TPSA) is 77.0 Å². The van der Waals surface area contributed by atoms with Crippen molar-refractivity contribution >= 4 is 11.9 Å². The number of carbonyl (C=O) groups is 1. The fourth-order valence-electron chi connectivity index (χ4n) is 2.68. The number of nitrogens with zero attached hydrogens (tertiary/aromatic N) is 2. The zero-order valence-electron chi connectivity index (χ0n) is 14.6. The smallest absolute Gasteiger partial charge is 0.251 e. The zero-order valence-corrected chi connectivity index (χ0v) is 14.6. The van der Waals surface area contributed by atoms with Crippen molar-refractivity contribution in [3.8, 4) is 0 Å². The van der Waals surface area contributed by atoms with E-state index in [0.717, 1.165) is 37.5 Å². The van der Waals surface area contributed by atoms with E-state index < -0.39 is 0 Å². The third-order valence-corrected chi connectivity index (χ3v) is 3.93. The Labute approximate surface area is 144 Å². The van der Waals surface area contributed by atoms with Gasteiger partial charge in [-0.05, 0) is 37.5 Å². The second-order valence-corrected chi connectivity index (χ2v) is 6.01. The predicted molar refractivity (Wildman–Crippen MR) is 96.1 cm³/mol. The first kappa shape index (κ1) is 18.3. The molecule has 6 nitrogen and oxygen atoms in total. The molecule has 0 saturated carbocycles. The molecule has 1 saturated heterocycles. The summed E-state index contributed by atoms with van der Waals surface area (Å²) >= 11 is 0. The Balaban J connectivity index is 2.04. The van der Waals surface area contributed by atoms with E-state index >= 15 is 0 Å². The van der Waals surface area contributed by atoms with Crippen molar-refractivity contribution in [3.63, 3.8) is 0 Å². The Bertz CT molecular complexity index is 574. The largest absolute Gasteiger partial charge is 0.391 e. The lowest BCUT2D eigenvalue weighted by molar-refractivity contribution is 0.0953. The van der Waals surface area contributed by atoms with E-state index in [9.17, 15) is 9.90 Å². The van der Waals surface area contributed by atoms with Crippen LogP contribution >= 0.6 is 0 Å². The van der Waals surface area contributed by atoms with Gasteiger partial charge in [0.15, 0.2) is 5.96 Å². The van der Waals surface area contributed by atoms with E-state index in [4.69, 9.17) is 0 Å². The third-order valence-electron chi connectivity index (χ3n) is 3.93. The first-order valence-corrected chi connectivity index (χ1v) is 8.72. The standard InChI is InChI=1S/C18H28N4O2/c1-3-9-20-17(24)15-7-5-6-14(11-15)12-21-18(19-4-2)22-10-8-16(23)13-22/h5-7,11,16,23H,3-4,8-10,12-13H2,1-2H3,(H,19,21)(H,20,24)/t16-/m1/s1. The van der Waals surface area contributed by atoms with Gasteiger partial charge < -0.3 is 20.6 Å². The number of benzene rings is 1. The first-order chi connectivity index (χ1) is 11.6. The second kappa shape index (κ2) is 9.27. The molecule has 0 bridgehead atoms.